The first-order chi connectivity index (χ1) is 19.3. The lowest BCUT2D eigenvalue weighted by atomic mass is 10.0. The van der Waals surface area contributed by atoms with Gasteiger partial charge >= 0.3 is 0 Å². The van der Waals surface area contributed by atoms with Crippen molar-refractivity contribution >= 4 is 56.6 Å². The largest absolute Gasteiger partial charge is 0.339 e. The third-order valence-corrected chi connectivity index (χ3v) is 10.8. The molecule has 39 heavy (non-hydrogen) atoms. The topological polar surface area (TPSA) is 36.8 Å². The van der Waals surface area contributed by atoms with Gasteiger partial charge in [0.15, 0.2) is 0 Å². The van der Waals surface area contributed by atoms with E-state index in [0.29, 0.717) is 0 Å². The molecule has 6 aromatic rings. The molecule has 0 amide bonds. The summed E-state index contributed by atoms with van der Waals surface area (Å²) in [6.07, 6.45) is 0. The lowest BCUT2D eigenvalue weighted by Crippen LogP contribution is -2.25. The van der Waals surface area contributed by atoms with Gasteiger partial charge in [-0.1, -0.05) is 127 Å². The molecule has 1 N–H and O–H groups in total. The Balaban J connectivity index is 1.52. The van der Waals surface area contributed by atoms with Gasteiger partial charge in [-0.25, -0.2) is 4.99 Å². The molecule has 4 heteroatoms. The molecule has 1 aliphatic heterocycles. The fourth-order valence-electron chi connectivity index (χ4n) is 5.40. The predicted molar refractivity (Wildman–Crippen MR) is 167 cm³/mol. The first kappa shape index (κ1) is 23.4. The minimum absolute atomic E-state index is 0.813. The van der Waals surface area contributed by atoms with Gasteiger partial charge in [0.2, 0.25) is 0 Å². The van der Waals surface area contributed by atoms with Crippen molar-refractivity contribution < 1.29 is 0 Å². The van der Waals surface area contributed by atoms with Crippen molar-refractivity contribution in [2.45, 2.75) is 0 Å². The summed E-state index contributed by atoms with van der Waals surface area (Å²) in [7, 11) is -2.42. The van der Waals surface area contributed by atoms with E-state index in [1.807, 2.05) is 0 Å². The van der Waals surface area contributed by atoms with Crippen LogP contribution in [0.1, 0.15) is 5.56 Å². The van der Waals surface area contributed by atoms with Crippen molar-refractivity contribution in [2.24, 2.45) is 9.74 Å². The van der Waals surface area contributed by atoms with Crippen LogP contribution in [-0.2, 0) is 0 Å². The Hall–Kier alpha value is -4.72. The minimum Gasteiger partial charge on any atom is -0.339 e. The van der Waals surface area contributed by atoms with Gasteiger partial charge in [-0.15, -0.1) is 0 Å². The van der Waals surface area contributed by atoms with E-state index in [1.165, 1.54) is 21.3 Å². The summed E-state index contributed by atoms with van der Waals surface area (Å²) in [5.74, 6) is 0.813. The van der Waals surface area contributed by atoms with Crippen LogP contribution in [-0.4, -0.2) is 5.84 Å². The number of benzene rings is 6. The SMILES string of the molecule is c1ccc(P(=Nc2ccccc2C2=Nc3cccc4cccc(c34)N2)(c2ccccc2)c2ccccc2)cc1. The molecule has 1 heterocycles. The number of anilines is 1. The third kappa shape index (κ3) is 4.09. The lowest BCUT2D eigenvalue weighted by Gasteiger charge is -2.28. The molecule has 0 aromatic heterocycles. The molecule has 0 aliphatic carbocycles. The normalized spacial score (nSPS) is 12.5. The number of hydrogen-bond acceptors (Lipinski definition) is 3. The Morgan fingerprint density at radius 3 is 1.67 bits per heavy atom. The Morgan fingerprint density at radius 1 is 0.513 bits per heavy atom. The summed E-state index contributed by atoms with van der Waals surface area (Å²) in [6, 6.07) is 53.2. The molecule has 0 saturated carbocycles. The summed E-state index contributed by atoms with van der Waals surface area (Å²) in [5.41, 5.74) is 3.94. The Bertz CT molecular complexity index is 1770. The number of aliphatic imine (C=N–C) groups is 1. The van der Waals surface area contributed by atoms with Crippen LogP contribution in [0.25, 0.3) is 10.8 Å². The highest BCUT2D eigenvalue weighted by Gasteiger charge is 2.28. The maximum absolute atomic E-state index is 5.77. The fraction of sp³-hybridized carbons (Fsp3) is 0. The zero-order valence-electron chi connectivity index (χ0n) is 21.3. The molecule has 3 nitrogen and oxygen atoms in total. The van der Waals surface area contributed by atoms with Gasteiger partial charge in [0, 0.05) is 32.6 Å². The summed E-state index contributed by atoms with van der Waals surface area (Å²) in [5, 5.41) is 9.60. The molecule has 0 bridgehead atoms. The molecule has 0 atom stereocenters. The van der Waals surface area contributed by atoms with Crippen LogP contribution < -0.4 is 21.2 Å². The maximum atomic E-state index is 5.77. The van der Waals surface area contributed by atoms with Crippen LogP contribution in [0.3, 0.4) is 0 Å². The van der Waals surface area contributed by atoms with Crippen molar-refractivity contribution in [3.8, 4) is 0 Å². The molecule has 0 fully saturated rings. The van der Waals surface area contributed by atoms with Crippen LogP contribution in [0.5, 0.6) is 0 Å². The Kier molecular flexibility index (Phi) is 5.92. The smallest absolute Gasteiger partial charge is 0.140 e. The average molecular weight is 520 g/mol. The molecule has 7 rings (SSSR count). The van der Waals surface area contributed by atoms with Crippen LogP contribution in [0.2, 0.25) is 0 Å². The second-order valence-corrected chi connectivity index (χ2v) is 12.5. The van der Waals surface area contributed by atoms with E-state index >= 15 is 0 Å². The van der Waals surface area contributed by atoms with Gasteiger partial charge in [-0.05, 0) is 29.7 Å². The van der Waals surface area contributed by atoms with Crippen molar-refractivity contribution in [3.05, 3.63) is 157 Å². The Morgan fingerprint density at radius 2 is 1.05 bits per heavy atom. The molecule has 0 radical (unpaired) electrons. The molecule has 6 aromatic carbocycles. The first-order valence-corrected chi connectivity index (χ1v) is 14.8. The number of hydrogen-bond donors (Lipinski definition) is 1. The quantitative estimate of drug-likeness (QED) is 0.229. The van der Waals surface area contributed by atoms with Gasteiger partial charge in [0.05, 0.1) is 18.4 Å². The highest BCUT2D eigenvalue weighted by molar-refractivity contribution is 7.87. The van der Waals surface area contributed by atoms with Gasteiger partial charge in [-0.3, -0.25) is 4.74 Å². The van der Waals surface area contributed by atoms with E-state index in [2.05, 4.69) is 157 Å². The predicted octanol–water partition coefficient (Wildman–Crippen LogP) is 8.15. The van der Waals surface area contributed by atoms with Crippen LogP contribution >= 0.6 is 7.05 Å². The fourth-order valence-corrected chi connectivity index (χ4v) is 8.95. The standard InChI is InChI=1S/C35H26N3P/c1-4-16-27(17-5-1)39(28-18-6-2-7-19-28,29-20-8-3-9-21-29)38-31-23-11-10-22-30(31)35-36-32-24-12-14-26-15-13-25-33(37-35)34(26)32/h1-25H,(H,36,37). The van der Waals surface area contributed by atoms with Gasteiger partial charge in [-0.2, -0.15) is 0 Å². The zero-order chi connectivity index (χ0) is 26.1. The number of amidine groups is 1. The van der Waals surface area contributed by atoms with Crippen molar-refractivity contribution in [1.29, 1.82) is 0 Å². The van der Waals surface area contributed by atoms with E-state index in [0.717, 1.165) is 33.8 Å². The van der Waals surface area contributed by atoms with Crippen LogP contribution in [0.15, 0.2) is 161 Å². The van der Waals surface area contributed by atoms with Crippen molar-refractivity contribution in [3.63, 3.8) is 0 Å². The lowest BCUT2D eigenvalue weighted by molar-refractivity contribution is 1.44. The molecular weight excluding hydrogens is 493 g/mol. The van der Waals surface area contributed by atoms with E-state index in [9.17, 15) is 0 Å². The highest BCUT2D eigenvalue weighted by atomic mass is 31.2. The number of nitrogens with zero attached hydrogens (tertiary/aromatic N) is 2. The van der Waals surface area contributed by atoms with E-state index in [1.54, 1.807) is 0 Å². The summed E-state index contributed by atoms with van der Waals surface area (Å²) < 4.78 is 5.77. The van der Waals surface area contributed by atoms with E-state index in [-0.39, 0.29) is 0 Å². The first-order valence-electron chi connectivity index (χ1n) is 13.1. The molecule has 1 aliphatic rings. The molecule has 0 saturated heterocycles. The molecule has 0 unspecified atom stereocenters. The third-order valence-electron chi connectivity index (χ3n) is 7.17. The van der Waals surface area contributed by atoms with E-state index < -0.39 is 7.05 Å². The average Bonchev–Trinajstić information content (AvgIpc) is 3.02. The minimum atomic E-state index is -2.42. The number of nitrogens with one attached hydrogen (secondary N) is 1. The monoisotopic (exact) mass is 519 g/mol. The van der Waals surface area contributed by atoms with Gasteiger partial charge in [0.1, 0.15) is 5.84 Å². The van der Waals surface area contributed by atoms with Crippen LogP contribution in [0, 0.1) is 0 Å². The second kappa shape index (κ2) is 9.87. The van der Waals surface area contributed by atoms with Gasteiger partial charge < -0.3 is 5.32 Å². The molecular formula is C35H26N3P. The summed E-state index contributed by atoms with van der Waals surface area (Å²) >= 11 is 0. The van der Waals surface area contributed by atoms with Crippen molar-refractivity contribution in [2.75, 3.05) is 5.32 Å². The second-order valence-electron chi connectivity index (χ2n) is 9.53. The maximum Gasteiger partial charge on any atom is 0.140 e. The van der Waals surface area contributed by atoms with Crippen LogP contribution in [0.4, 0.5) is 17.1 Å². The molecule has 186 valence electrons. The highest BCUT2D eigenvalue weighted by Crippen LogP contribution is 2.50. The Labute approximate surface area is 228 Å². The summed E-state index contributed by atoms with van der Waals surface area (Å²) in [6.45, 7) is 0. The summed E-state index contributed by atoms with van der Waals surface area (Å²) in [4.78, 5) is 5.10. The van der Waals surface area contributed by atoms with Crippen molar-refractivity contribution in [1.82, 2.24) is 0 Å². The van der Waals surface area contributed by atoms with Gasteiger partial charge in [0.25, 0.3) is 0 Å². The number of rotatable bonds is 5. The zero-order valence-corrected chi connectivity index (χ0v) is 22.2. The van der Waals surface area contributed by atoms with E-state index in [4.69, 9.17) is 9.74 Å². The molecule has 0 spiro atoms.